The van der Waals surface area contributed by atoms with Crippen LogP contribution in [-0.2, 0) is 23.8 Å². The van der Waals surface area contributed by atoms with Gasteiger partial charge in [-0.1, -0.05) is 0 Å². The van der Waals surface area contributed by atoms with E-state index in [1.54, 1.807) is 13.0 Å². The lowest BCUT2D eigenvalue weighted by Gasteiger charge is -2.29. The van der Waals surface area contributed by atoms with E-state index in [0.29, 0.717) is 44.6 Å². The average Bonchev–Trinajstić information content (AvgIpc) is 2.62. The second kappa shape index (κ2) is 10.5. The van der Waals surface area contributed by atoms with Crippen LogP contribution in [0.4, 0.5) is 0 Å². The Bertz CT molecular complexity index is 519. The van der Waals surface area contributed by atoms with Crippen molar-refractivity contribution < 1.29 is 23.8 Å². The minimum Gasteiger partial charge on any atom is -0.501 e. The number of nitrogens with zero attached hydrogens (tertiary/aromatic N) is 1. The summed E-state index contributed by atoms with van der Waals surface area (Å²) in [5.41, 5.74) is 7.09. The largest absolute Gasteiger partial charge is 0.501 e. The number of hydrogen-bond donors (Lipinski definition) is 1. The van der Waals surface area contributed by atoms with Crippen LogP contribution >= 0.6 is 0 Å². The van der Waals surface area contributed by atoms with Gasteiger partial charge in [0, 0.05) is 25.5 Å². The SMILES string of the molecule is CCO/C=C/C(C)=C(N)/C(=C\N(C=O)C1CCOCC1)C(=O)OC. The molecule has 0 aromatic rings. The fraction of sp³-hybridized carbons (Fsp3) is 0.529. The van der Waals surface area contributed by atoms with Crippen molar-refractivity contribution in [3.05, 3.63) is 35.4 Å². The summed E-state index contributed by atoms with van der Waals surface area (Å²) < 4.78 is 15.2. The lowest BCUT2D eigenvalue weighted by atomic mass is 10.1. The molecule has 24 heavy (non-hydrogen) atoms. The molecular formula is C17H26N2O5. The van der Waals surface area contributed by atoms with Crippen molar-refractivity contribution in [3.8, 4) is 0 Å². The highest BCUT2D eigenvalue weighted by molar-refractivity contribution is 5.93. The molecule has 2 N–H and O–H groups in total. The lowest BCUT2D eigenvalue weighted by Crippen LogP contribution is -2.36. The normalized spacial score (nSPS) is 17.4. The molecule has 0 radical (unpaired) electrons. The minimum atomic E-state index is -0.601. The number of amides is 1. The van der Waals surface area contributed by atoms with Gasteiger partial charge in [0.25, 0.3) is 0 Å². The van der Waals surface area contributed by atoms with Gasteiger partial charge in [0.1, 0.15) is 0 Å². The van der Waals surface area contributed by atoms with E-state index < -0.39 is 5.97 Å². The molecule has 1 aliphatic rings. The smallest absolute Gasteiger partial charge is 0.341 e. The van der Waals surface area contributed by atoms with Crippen molar-refractivity contribution in [2.75, 3.05) is 26.9 Å². The summed E-state index contributed by atoms with van der Waals surface area (Å²) >= 11 is 0. The molecule has 0 atom stereocenters. The molecule has 0 aromatic heterocycles. The summed E-state index contributed by atoms with van der Waals surface area (Å²) in [6.07, 6.45) is 6.72. The summed E-state index contributed by atoms with van der Waals surface area (Å²) in [7, 11) is 1.27. The van der Waals surface area contributed by atoms with Crippen molar-refractivity contribution >= 4 is 12.4 Å². The van der Waals surface area contributed by atoms with Gasteiger partial charge in [-0.15, -0.1) is 0 Å². The minimum absolute atomic E-state index is 0.0250. The van der Waals surface area contributed by atoms with Gasteiger partial charge in [-0.3, -0.25) is 4.79 Å². The zero-order chi connectivity index (χ0) is 17.9. The Morgan fingerprint density at radius 1 is 1.38 bits per heavy atom. The number of esters is 1. The summed E-state index contributed by atoms with van der Waals surface area (Å²) in [6.45, 7) is 5.31. The van der Waals surface area contributed by atoms with Crippen LogP contribution < -0.4 is 5.73 Å². The van der Waals surface area contributed by atoms with Crippen molar-refractivity contribution in [3.63, 3.8) is 0 Å². The fourth-order valence-corrected chi connectivity index (χ4v) is 2.25. The molecule has 134 valence electrons. The van der Waals surface area contributed by atoms with Crippen LogP contribution in [0, 0.1) is 0 Å². The molecular weight excluding hydrogens is 312 g/mol. The summed E-state index contributed by atoms with van der Waals surface area (Å²) in [4.78, 5) is 25.0. The zero-order valence-electron chi connectivity index (χ0n) is 14.5. The predicted octanol–water partition coefficient (Wildman–Crippen LogP) is 1.46. The maximum atomic E-state index is 12.1. The first kappa shape index (κ1) is 19.8. The molecule has 0 unspecified atom stereocenters. The van der Waals surface area contributed by atoms with Crippen LogP contribution in [-0.4, -0.2) is 50.3 Å². The van der Waals surface area contributed by atoms with Gasteiger partial charge < -0.3 is 24.8 Å². The first-order valence-electron chi connectivity index (χ1n) is 7.90. The Hall–Kier alpha value is -2.28. The summed E-state index contributed by atoms with van der Waals surface area (Å²) in [5, 5.41) is 0. The first-order valence-corrected chi connectivity index (χ1v) is 7.90. The Labute approximate surface area is 142 Å². The Morgan fingerprint density at radius 3 is 2.58 bits per heavy atom. The highest BCUT2D eigenvalue weighted by Crippen LogP contribution is 2.18. The van der Waals surface area contributed by atoms with Gasteiger partial charge in [-0.25, -0.2) is 4.79 Å². The topological polar surface area (TPSA) is 91.1 Å². The number of ether oxygens (including phenoxy) is 3. The van der Waals surface area contributed by atoms with Gasteiger partial charge in [0.2, 0.25) is 6.41 Å². The van der Waals surface area contributed by atoms with Gasteiger partial charge in [-0.2, -0.15) is 0 Å². The second-order valence-corrected chi connectivity index (χ2v) is 5.29. The number of carbonyl (C=O) groups excluding carboxylic acids is 2. The van der Waals surface area contributed by atoms with Gasteiger partial charge in [0.15, 0.2) is 0 Å². The number of nitrogens with two attached hydrogens (primary N) is 1. The molecule has 0 aliphatic carbocycles. The van der Waals surface area contributed by atoms with Crippen LogP contribution in [0.5, 0.6) is 0 Å². The van der Waals surface area contributed by atoms with Crippen molar-refractivity contribution in [1.29, 1.82) is 0 Å². The second-order valence-electron chi connectivity index (χ2n) is 5.29. The molecule has 0 spiro atoms. The Morgan fingerprint density at radius 2 is 2.04 bits per heavy atom. The van der Waals surface area contributed by atoms with Crippen LogP contribution in [0.2, 0.25) is 0 Å². The van der Waals surface area contributed by atoms with Crippen LogP contribution in [0.3, 0.4) is 0 Å². The maximum absolute atomic E-state index is 12.1. The van der Waals surface area contributed by atoms with Crippen LogP contribution in [0.1, 0.15) is 26.7 Å². The molecule has 7 heteroatoms. The zero-order valence-corrected chi connectivity index (χ0v) is 14.5. The van der Waals surface area contributed by atoms with Crippen molar-refractivity contribution in [2.24, 2.45) is 5.73 Å². The molecule has 1 fully saturated rings. The van der Waals surface area contributed by atoms with E-state index in [0.717, 1.165) is 0 Å². The number of hydrogen-bond acceptors (Lipinski definition) is 6. The third-order valence-corrected chi connectivity index (χ3v) is 3.71. The van der Waals surface area contributed by atoms with E-state index >= 15 is 0 Å². The predicted molar refractivity (Wildman–Crippen MR) is 89.5 cm³/mol. The van der Waals surface area contributed by atoms with E-state index in [-0.39, 0.29) is 17.3 Å². The number of allylic oxidation sites excluding steroid dienone is 2. The Balaban J connectivity index is 3.11. The molecule has 0 saturated carbocycles. The van der Waals surface area contributed by atoms with Crippen LogP contribution in [0.15, 0.2) is 35.4 Å². The summed E-state index contributed by atoms with van der Waals surface area (Å²) in [5.74, 6) is -0.601. The number of carbonyl (C=O) groups is 2. The van der Waals surface area contributed by atoms with E-state index in [4.69, 9.17) is 19.9 Å². The fourth-order valence-electron chi connectivity index (χ4n) is 2.25. The molecule has 0 aromatic carbocycles. The Kier molecular flexibility index (Phi) is 8.64. The van der Waals surface area contributed by atoms with E-state index in [1.165, 1.54) is 24.5 Å². The molecule has 1 rings (SSSR count). The standard InChI is InChI=1S/C17H26N2O5/c1-4-23-8-5-13(2)16(18)15(17(21)22-3)11-19(12-20)14-6-9-24-10-7-14/h5,8,11-12,14H,4,6-7,9-10,18H2,1-3H3/b8-5+,15-11+,16-13-. The summed E-state index contributed by atoms with van der Waals surface area (Å²) in [6, 6.07) is -0.0250. The van der Waals surface area contributed by atoms with Gasteiger partial charge >= 0.3 is 5.97 Å². The van der Waals surface area contributed by atoms with Crippen molar-refractivity contribution in [2.45, 2.75) is 32.7 Å². The molecule has 1 amide bonds. The molecule has 1 saturated heterocycles. The van der Waals surface area contributed by atoms with E-state index in [2.05, 4.69) is 0 Å². The highest BCUT2D eigenvalue weighted by Gasteiger charge is 2.22. The maximum Gasteiger partial charge on any atom is 0.341 e. The lowest BCUT2D eigenvalue weighted by molar-refractivity contribution is -0.135. The molecule has 7 nitrogen and oxygen atoms in total. The monoisotopic (exact) mass is 338 g/mol. The quantitative estimate of drug-likeness (QED) is 0.237. The highest BCUT2D eigenvalue weighted by atomic mass is 16.5. The number of methoxy groups -OCH3 is 1. The third kappa shape index (κ3) is 5.73. The van der Waals surface area contributed by atoms with Crippen molar-refractivity contribution in [1.82, 2.24) is 4.90 Å². The average molecular weight is 338 g/mol. The number of rotatable bonds is 8. The van der Waals surface area contributed by atoms with E-state index in [1.807, 2.05) is 6.92 Å². The van der Waals surface area contributed by atoms with Crippen LogP contribution in [0.25, 0.3) is 0 Å². The third-order valence-electron chi connectivity index (χ3n) is 3.71. The molecule has 1 aliphatic heterocycles. The molecule has 0 bridgehead atoms. The van der Waals surface area contributed by atoms with Gasteiger partial charge in [-0.05, 0) is 38.3 Å². The first-order chi connectivity index (χ1) is 11.5. The van der Waals surface area contributed by atoms with E-state index in [9.17, 15) is 9.59 Å². The molecule has 1 heterocycles. The van der Waals surface area contributed by atoms with Gasteiger partial charge in [0.05, 0.1) is 31.2 Å².